The van der Waals surface area contributed by atoms with E-state index in [4.69, 9.17) is 0 Å². The number of carbonyl (C=O) groups excluding carboxylic acids is 1. The molecule has 1 amide bonds. The van der Waals surface area contributed by atoms with Gasteiger partial charge in [-0.15, -0.1) is 0 Å². The third-order valence-corrected chi connectivity index (χ3v) is 3.41. The van der Waals surface area contributed by atoms with Crippen molar-refractivity contribution in [2.75, 3.05) is 6.54 Å². The Balaban J connectivity index is 1.85. The van der Waals surface area contributed by atoms with Gasteiger partial charge in [-0.25, -0.2) is 4.98 Å². The van der Waals surface area contributed by atoms with Crippen LogP contribution in [-0.2, 0) is 6.67 Å². The number of fused-ring (bicyclic) bond motifs is 1. The number of carbonyl (C=O) groups is 1. The van der Waals surface area contributed by atoms with E-state index in [0.717, 1.165) is 17.1 Å². The van der Waals surface area contributed by atoms with Crippen LogP contribution in [-0.4, -0.2) is 26.9 Å². The Labute approximate surface area is 90.0 Å². The van der Waals surface area contributed by atoms with Gasteiger partial charge in [0.1, 0.15) is 11.3 Å². The van der Waals surface area contributed by atoms with E-state index in [2.05, 4.69) is 20.9 Å². The summed E-state index contributed by atoms with van der Waals surface area (Å²) in [5.41, 5.74) is 0. The predicted octanol–water partition coefficient (Wildman–Crippen LogP) is 1.47. The highest BCUT2D eigenvalue weighted by molar-refractivity contribution is 9.10. The standard InChI is InChI=1S/C9H10BrN3O/c10-7-3-11-8-9(14)12(5-13(7)8)4-6-1-2-6/h3,6H,1-2,4-5H2. The van der Waals surface area contributed by atoms with Crippen LogP contribution in [0.5, 0.6) is 0 Å². The van der Waals surface area contributed by atoms with Crippen molar-refractivity contribution in [2.24, 2.45) is 5.92 Å². The molecule has 3 rings (SSSR count). The molecule has 1 aromatic rings. The lowest BCUT2D eigenvalue weighted by Gasteiger charge is -2.13. The van der Waals surface area contributed by atoms with Crippen molar-refractivity contribution >= 4 is 21.8 Å². The van der Waals surface area contributed by atoms with E-state index < -0.39 is 0 Å². The van der Waals surface area contributed by atoms with Crippen LogP contribution in [0.25, 0.3) is 0 Å². The van der Waals surface area contributed by atoms with Crippen LogP contribution in [0.2, 0.25) is 0 Å². The van der Waals surface area contributed by atoms with Crippen molar-refractivity contribution in [2.45, 2.75) is 19.5 Å². The first kappa shape index (κ1) is 8.47. The lowest BCUT2D eigenvalue weighted by Crippen LogP contribution is -2.27. The molecule has 0 aromatic carbocycles. The molecule has 0 bridgehead atoms. The van der Waals surface area contributed by atoms with E-state index in [-0.39, 0.29) is 5.91 Å². The van der Waals surface area contributed by atoms with E-state index in [1.807, 2.05) is 9.47 Å². The molecule has 2 heterocycles. The maximum atomic E-state index is 11.8. The molecule has 0 unspecified atom stereocenters. The highest BCUT2D eigenvalue weighted by Gasteiger charge is 2.34. The minimum Gasteiger partial charge on any atom is -0.318 e. The second-order valence-electron chi connectivity index (χ2n) is 3.94. The highest BCUT2D eigenvalue weighted by atomic mass is 79.9. The van der Waals surface area contributed by atoms with Crippen LogP contribution in [0, 0.1) is 5.92 Å². The van der Waals surface area contributed by atoms with Crippen LogP contribution in [0.4, 0.5) is 0 Å². The molecule has 0 N–H and O–H groups in total. The van der Waals surface area contributed by atoms with E-state index >= 15 is 0 Å². The lowest BCUT2D eigenvalue weighted by molar-refractivity contribution is 0.0757. The summed E-state index contributed by atoms with van der Waals surface area (Å²) in [4.78, 5) is 17.8. The molecular formula is C9H10BrN3O. The zero-order valence-electron chi connectivity index (χ0n) is 7.61. The summed E-state index contributed by atoms with van der Waals surface area (Å²) in [6, 6.07) is 0. The topological polar surface area (TPSA) is 38.1 Å². The largest absolute Gasteiger partial charge is 0.318 e. The third-order valence-electron chi connectivity index (χ3n) is 2.77. The lowest BCUT2D eigenvalue weighted by atomic mass is 10.4. The Bertz CT molecular complexity index is 397. The Morgan fingerprint density at radius 3 is 3.00 bits per heavy atom. The van der Waals surface area contributed by atoms with Crippen molar-refractivity contribution in [3.05, 3.63) is 16.6 Å². The van der Waals surface area contributed by atoms with Gasteiger partial charge in [-0.05, 0) is 34.7 Å². The van der Waals surface area contributed by atoms with Gasteiger partial charge in [0.25, 0.3) is 5.91 Å². The molecule has 0 atom stereocenters. The first-order valence-corrected chi connectivity index (χ1v) is 5.55. The van der Waals surface area contributed by atoms with Crippen molar-refractivity contribution in [1.82, 2.24) is 14.5 Å². The first-order chi connectivity index (χ1) is 6.75. The Kier molecular flexibility index (Phi) is 1.71. The van der Waals surface area contributed by atoms with Crippen molar-refractivity contribution < 1.29 is 4.79 Å². The summed E-state index contributed by atoms with van der Waals surface area (Å²) < 4.78 is 2.80. The Morgan fingerprint density at radius 1 is 1.57 bits per heavy atom. The molecule has 0 radical (unpaired) electrons. The van der Waals surface area contributed by atoms with Gasteiger partial charge in [0.05, 0.1) is 6.20 Å². The fourth-order valence-corrected chi connectivity index (χ4v) is 2.17. The molecule has 14 heavy (non-hydrogen) atoms. The smallest absolute Gasteiger partial charge is 0.291 e. The third kappa shape index (κ3) is 1.19. The maximum Gasteiger partial charge on any atom is 0.291 e. The van der Waals surface area contributed by atoms with Crippen molar-refractivity contribution in [3.8, 4) is 0 Å². The Hall–Kier alpha value is -0.840. The normalized spacial score (nSPS) is 20.4. The molecular weight excluding hydrogens is 246 g/mol. The molecule has 74 valence electrons. The molecule has 1 aliphatic heterocycles. The average molecular weight is 256 g/mol. The minimum atomic E-state index is 0.0719. The number of hydrogen-bond donors (Lipinski definition) is 0. The van der Waals surface area contributed by atoms with Crippen LogP contribution < -0.4 is 0 Å². The van der Waals surface area contributed by atoms with Crippen LogP contribution >= 0.6 is 15.9 Å². The number of amides is 1. The van der Waals surface area contributed by atoms with Gasteiger partial charge in [-0.1, -0.05) is 0 Å². The van der Waals surface area contributed by atoms with Gasteiger partial charge < -0.3 is 4.90 Å². The first-order valence-electron chi connectivity index (χ1n) is 4.76. The quantitative estimate of drug-likeness (QED) is 0.803. The van der Waals surface area contributed by atoms with Gasteiger partial charge >= 0.3 is 0 Å². The van der Waals surface area contributed by atoms with E-state index in [1.54, 1.807) is 6.20 Å². The zero-order chi connectivity index (χ0) is 9.71. The summed E-state index contributed by atoms with van der Waals surface area (Å²) in [7, 11) is 0. The molecule has 1 saturated carbocycles. The number of nitrogens with zero attached hydrogens (tertiary/aromatic N) is 3. The molecule has 2 aliphatic rings. The Morgan fingerprint density at radius 2 is 2.36 bits per heavy atom. The maximum absolute atomic E-state index is 11.8. The zero-order valence-corrected chi connectivity index (χ0v) is 9.20. The summed E-state index contributed by atoms with van der Waals surface area (Å²) in [6.45, 7) is 1.56. The second-order valence-corrected chi connectivity index (χ2v) is 4.76. The summed E-state index contributed by atoms with van der Waals surface area (Å²) in [5, 5.41) is 0. The fourth-order valence-electron chi connectivity index (χ4n) is 1.79. The second kappa shape index (κ2) is 2.82. The van der Waals surface area contributed by atoms with Gasteiger partial charge in [-0.2, -0.15) is 0 Å². The number of rotatable bonds is 2. The molecule has 1 aromatic heterocycles. The van der Waals surface area contributed by atoms with Crippen molar-refractivity contribution in [1.29, 1.82) is 0 Å². The number of imidazole rings is 1. The van der Waals surface area contributed by atoms with E-state index in [0.29, 0.717) is 12.5 Å². The molecule has 1 aliphatic carbocycles. The number of hydrogen-bond acceptors (Lipinski definition) is 2. The highest BCUT2D eigenvalue weighted by Crippen LogP contribution is 2.32. The molecule has 1 fully saturated rings. The average Bonchev–Trinajstić information content (AvgIpc) is 2.83. The molecule has 0 saturated heterocycles. The van der Waals surface area contributed by atoms with E-state index in [1.165, 1.54) is 12.8 Å². The predicted molar refractivity (Wildman–Crippen MR) is 53.7 cm³/mol. The van der Waals surface area contributed by atoms with Gasteiger partial charge in [0.15, 0.2) is 0 Å². The number of aromatic nitrogens is 2. The van der Waals surface area contributed by atoms with Gasteiger partial charge in [-0.3, -0.25) is 9.36 Å². The van der Waals surface area contributed by atoms with Gasteiger partial charge in [0.2, 0.25) is 5.82 Å². The van der Waals surface area contributed by atoms with Crippen LogP contribution in [0.1, 0.15) is 23.5 Å². The summed E-state index contributed by atoms with van der Waals surface area (Å²) >= 11 is 3.38. The minimum absolute atomic E-state index is 0.0719. The van der Waals surface area contributed by atoms with Crippen LogP contribution in [0.15, 0.2) is 10.8 Å². The monoisotopic (exact) mass is 255 g/mol. The van der Waals surface area contributed by atoms with Crippen molar-refractivity contribution in [3.63, 3.8) is 0 Å². The molecule has 0 spiro atoms. The number of halogens is 1. The van der Waals surface area contributed by atoms with Crippen LogP contribution in [0.3, 0.4) is 0 Å². The fraction of sp³-hybridized carbons (Fsp3) is 0.556. The van der Waals surface area contributed by atoms with E-state index in [9.17, 15) is 4.79 Å². The van der Waals surface area contributed by atoms with Gasteiger partial charge in [0, 0.05) is 6.54 Å². The summed E-state index contributed by atoms with van der Waals surface area (Å²) in [5.74, 6) is 1.38. The SMILES string of the molecule is O=C1c2ncc(Br)n2CN1CC1CC1. The summed E-state index contributed by atoms with van der Waals surface area (Å²) in [6.07, 6.45) is 4.22. The molecule has 5 heteroatoms. The molecule has 4 nitrogen and oxygen atoms in total.